The van der Waals surface area contributed by atoms with Gasteiger partial charge < -0.3 is 10.6 Å². The molecule has 4 rings (SSSR count). The fraction of sp³-hybridized carbons (Fsp3) is 0.148. The molecule has 0 aliphatic carbocycles. The lowest BCUT2D eigenvalue weighted by Gasteiger charge is -2.30. The van der Waals surface area contributed by atoms with Gasteiger partial charge in [-0.3, -0.25) is 9.59 Å². The summed E-state index contributed by atoms with van der Waals surface area (Å²) in [6, 6.07) is 19.0. The Labute approximate surface area is 196 Å². The van der Waals surface area contributed by atoms with Gasteiger partial charge in [0.05, 0.1) is 5.69 Å². The molecule has 4 amide bonds. The van der Waals surface area contributed by atoms with E-state index in [1.54, 1.807) is 61.5 Å². The lowest BCUT2D eigenvalue weighted by Crippen LogP contribution is -2.50. The fourth-order valence-electron chi connectivity index (χ4n) is 4.05. The Kier molecular flexibility index (Phi) is 6.42. The van der Waals surface area contributed by atoms with E-state index in [0.717, 1.165) is 16.5 Å². The predicted octanol–water partition coefficient (Wildman–Crippen LogP) is 4.21. The Balaban J connectivity index is 1.70. The highest BCUT2D eigenvalue weighted by molar-refractivity contribution is 6.10. The third-order valence-electron chi connectivity index (χ3n) is 5.84. The van der Waals surface area contributed by atoms with Gasteiger partial charge in [0.1, 0.15) is 17.9 Å². The van der Waals surface area contributed by atoms with Crippen LogP contribution in [0.5, 0.6) is 0 Å². The lowest BCUT2D eigenvalue weighted by atomic mass is 9.91. The van der Waals surface area contributed by atoms with E-state index in [0.29, 0.717) is 11.1 Å². The van der Waals surface area contributed by atoms with Crippen molar-refractivity contribution in [3.63, 3.8) is 0 Å². The summed E-state index contributed by atoms with van der Waals surface area (Å²) in [6.07, 6.45) is 5.30. The minimum Gasteiger partial charge on any atom is -0.322 e. The highest BCUT2D eigenvalue weighted by atomic mass is 19.1. The van der Waals surface area contributed by atoms with E-state index < -0.39 is 41.7 Å². The second-order valence-electron chi connectivity index (χ2n) is 7.97. The number of imide groups is 1. The number of nitrogens with zero attached hydrogens (tertiary/aromatic N) is 1. The van der Waals surface area contributed by atoms with Crippen molar-refractivity contribution >= 4 is 23.5 Å². The summed E-state index contributed by atoms with van der Waals surface area (Å²) in [7, 11) is 0. The molecule has 0 spiro atoms. The number of hydrogen-bond acceptors (Lipinski definition) is 3. The first-order chi connectivity index (χ1) is 16.4. The minimum absolute atomic E-state index is 0.0964. The maximum Gasteiger partial charge on any atom is 0.325 e. The quantitative estimate of drug-likeness (QED) is 0.432. The first kappa shape index (κ1) is 22.7. The molecule has 0 radical (unpaired) electrons. The second-order valence-corrected chi connectivity index (χ2v) is 7.97. The van der Waals surface area contributed by atoms with E-state index in [9.17, 15) is 18.8 Å². The van der Waals surface area contributed by atoms with Crippen LogP contribution in [0.4, 0.5) is 14.9 Å². The molecule has 34 heavy (non-hydrogen) atoms. The van der Waals surface area contributed by atoms with Crippen LogP contribution in [0.15, 0.2) is 78.9 Å². The summed E-state index contributed by atoms with van der Waals surface area (Å²) in [6.45, 7) is 1.74. The molecule has 2 N–H and O–H groups in total. The van der Waals surface area contributed by atoms with Gasteiger partial charge in [-0.25, -0.2) is 14.1 Å². The monoisotopic (exact) mass is 455 g/mol. The van der Waals surface area contributed by atoms with Gasteiger partial charge in [0.2, 0.25) is 5.91 Å². The van der Waals surface area contributed by atoms with Crippen molar-refractivity contribution in [2.45, 2.75) is 24.9 Å². The van der Waals surface area contributed by atoms with Gasteiger partial charge in [-0.05, 0) is 29.3 Å². The Morgan fingerprint density at radius 2 is 1.71 bits per heavy atom. The van der Waals surface area contributed by atoms with Crippen LogP contribution < -0.4 is 10.6 Å². The molecule has 1 aliphatic rings. The Morgan fingerprint density at radius 3 is 2.32 bits per heavy atom. The normalized spacial score (nSPS) is 17.0. The van der Waals surface area contributed by atoms with Crippen LogP contribution in [-0.2, 0) is 9.59 Å². The second kappa shape index (κ2) is 9.59. The Morgan fingerprint density at radius 1 is 1.06 bits per heavy atom. The highest BCUT2D eigenvalue weighted by Crippen LogP contribution is 2.31. The Hall–Kier alpha value is -4.44. The van der Waals surface area contributed by atoms with Crippen molar-refractivity contribution in [2.24, 2.45) is 0 Å². The number of carbonyl (C=O) groups is 3. The number of benzene rings is 3. The summed E-state index contributed by atoms with van der Waals surface area (Å²) in [4.78, 5) is 40.7. The van der Waals surface area contributed by atoms with Crippen LogP contribution in [0.3, 0.4) is 0 Å². The van der Waals surface area contributed by atoms with Gasteiger partial charge in [0.25, 0.3) is 5.91 Å². The van der Waals surface area contributed by atoms with E-state index in [1.165, 1.54) is 12.1 Å². The van der Waals surface area contributed by atoms with Crippen molar-refractivity contribution < 1.29 is 18.8 Å². The van der Waals surface area contributed by atoms with Gasteiger partial charge in [0.15, 0.2) is 0 Å². The van der Waals surface area contributed by atoms with Gasteiger partial charge in [-0.15, -0.1) is 6.42 Å². The van der Waals surface area contributed by atoms with Crippen LogP contribution in [-0.4, -0.2) is 28.8 Å². The third-order valence-corrected chi connectivity index (χ3v) is 5.84. The molecule has 1 fully saturated rings. The molecule has 0 saturated carbocycles. The van der Waals surface area contributed by atoms with Crippen molar-refractivity contribution in [2.75, 3.05) is 5.32 Å². The number of urea groups is 1. The molecule has 6 nitrogen and oxygen atoms in total. The van der Waals surface area contributed by atoms with E-state index in [4.69, 9.17) is 6.42 Å². The SMILES string of the molecule is C#Cc1ccc(NC(=O)C([C@@H](C)c2ccccc2)N2C(=O)N[C@H](c3ccccc3)C2=O)c(F)c1. The van der Waals surface area contributed by atoms with Crippen LogP contribution in [0.25, 0.3) is 0 Å². The molecule has 0 bridgehead atoms. The standard InChI is InChI=1S/C27H22FN3O3/c1-3-18-14-15-22(21(28)16-18)29-25(32)24(17(2)19-10-6-4-7-11-19)31-26(33)23(30-27(31)34)20-12-8-5-9-13-20/h1,4-17,23-24H,2H3,(H,29,32)(H,30,34)/t17-,23+,24?/m0/s1. The molecule has 1 aliphatic heterocycles. The van der Waals surface area contributed by atoms with Crippen LogP contribution in [0.2, 0.25) is 0 Å². The maximum atomic E-state index is 14.5. The molecule has 3 atom stereocenters. The molecule has 0 aromatic heterocycles. The first-order valence-electron chi connectivity index (χ1n) is 10.7. The van der Waals surface area contributed by atoms with E-state index in [1.807, 2.05) is 6.07 Å². The van der Waals surface area contributed by atoms with E-state index >= 15 is 0 Å². The molecule has 170 valence electrons. The smallest absolute Gasteiger partial charge is 0.322 e. The van der Waals surface area contributed by atoms with Crippen LogP contribution in [0.1, 0.15) is 35.6 Å². The van der Waals surface area contributed by atoms with Gasteiger partial charge in [-0.1, -0.05) is 73.5 Å². The van der Waals surface area contributed by atoms with Crippen molar-refractivity contribution in [1.29, 1.82) is 0 Å². The largest absolute Gasteiger partial charge is 0.325 e. The van der Waals surface area contributed by atoms with Crippen LogP contribution in [0, 0.1) is 18.2 Å². The molecule has 3 aromatic rings. The Bertz CT molecular complexity index is 1270. The molecule has 1 heterocycles. The topological polar surface area (TPSA) is 78.5 Å². The van der Waals surface area contributed by atoms with E-state index in [2.05, 4.69) is 16.6 Å². The summed E-state index contributed by atoms with van der Waals surface area (Å²) in [5.74, 6) is -0.202. The predicted molar refractivity (Wildman–Crippen MR) is 126 cm³/mol. The zero-order valence-corrected chi connectivity index (χ0v) is 18.4. The van der Waals surface area contributed by atoms with Crippen molar-refractivity contribution in [3.05, 3.63) is 101 Å². The highest BCUT2D eigenvalue weighted by Gasteiger charge is 2.47. The number of nitrogens with one attached hydrogen (secondary N) is 2. The number of halogens is 1. The number of anilines is 1. The summed E-state index contributed by atoms with van der Waals surface area (Å²) >= 11 is 0. The van der Waals surface area contributed by atoms with Crippen molar-refractivity contribution in [3.8, 4) is 12.3 Å². The maximum absolute atomic E-state index is 14.5. The third kappa shape index (κ3) is 4.39. The minimum atomic E-state index is -1.23. The number of carbonyl (C=O) groups excluding carboxylic acids is 3. The van der Waals surface area contributed by atoms with Crippen LogP contribution >= 0.6 is 0 Å². The summed E-state index contributed by atoms with van der Waals surface area (Å²) < 4.78 is 14.5. The molecule has 1 saturated heterocycles. The number of amides is 4. The van der Waals surface area contributed by atoms with Gasteiger partial charge in [-0.2, -0.15) is 0 Å². The van der Waals surface area contributed by atoms with E-state index in [-0.39, 0.29) is 5.69 Å². The average Bonchev–Trinajstić information content (AvgIpc) is 3.15. The summed E-state index contributed by atoms with van der Waals surface area (Å²) in [5.41, 5.74) is 1.57. The zero-order chi connectivity index (χ0) is 24.2. The molecular formula is C27H22FN3O3. The van der Waals surface area contributed by atoms with Crippen molar-refractivity contribution in [1.82, 2.24) is 10.2 Å². The molecule has 7 heteroatoms. The fourth-order valence-corrected chi connectivity index (χ4v) is 4.05. The lowest BCUT2D eigenvalue weighted by molar-refractivity contribution is -0.134. The molecule has 3 aromatic carbocycles. The van der Waals surface area contributed by atoms with Gasteiger partial charge in [0, 0.05) is 11.5 Å². The molecule has 1 unspecified atom stereocenters. The number of terminal acetylenes is 1. The number of hydrogen-bond donors (Lipinski definition) is 2. The molecular weight excluding hydrogens is 433 g/mol. The zero-order valence-electron chi connectivity index (χ0n) is 18.4. The summed E-state index contributed by atoms with van der Waals surface area (Å²) in [5, 5.41) is 5.19. The average molecular weight is 455 g/mol. The number of rotatable bonds is 6. The first-order valence-corrected chi connectivity index (χ1v) is 10.7. The van der Waals surface area contributed by atoms with Gasteiger partial charge >= 0.3 is 6.03 Å².